The minimum absolute atomic E-state index is 0.0371. The second-order valence-electron chi connectivity index (χ2n) is 6.45. The summed E-state index contributed by atoms with van der Waals surface area (Å²) in [5.74, 6) is 0. The number of pyridine rings is 1. The van der Waals surface area contributed by atoms with Gasteiger partial charge in [-0.05, 0) is 42.3 Å². The number of fused-ring (bicyclic) bond motifs is 1. The zero-order chi connectivity index (χ0) is 17.1. The van der Waals surface area contributed by atoms with Crippen molar-refractivity contribution in [3.05, 3.63) is 72.6 Å². The van der Waals surface area contributed by atoms with E-state index in [0.29, 0.717) is 0 Å². The molecule has 25 heavy (non-hydrogen) atoms. The van der Waals surface area contributed by atoms with Crippen LogP contribution in [0.25, 0.3) is 10.8 Å². The van der Waals surface area contributed by atoms with Gasteiger partial charge in [-0.2, -0.15) is 0 Å². The number of likely N-dealkylation sites (tertiary alicyclic amines) is 1. The molecule has 3 aromatic rings. The molecule has 1 aromatic heterocycles. The molecule has 126 valence electrons. The lowest BCUT2D eigenvalue weighted by molar-refractivity contribution is 0.163. The minimum atomic E-state index is -0.0371. The van der Waals surface area contributed by atoms with Crippen LogP contribution in [0.4, 0.5) is 10.5 Å². The number of urea groups is 1. The molecule has 0 bridgehead atoms. The molecule has 0 saturated carbocycles. The molecule has 0 spiro atoms. The first kappa shape index (κ1) is 15.6. The summed E-state index contributed by atoms with van der Waals surface area (Å²) in [6.07, 6.45) is 6.80. The minimum Gasteiger partial charge on any atom is -0.317 e. The molecular formula is C21H21N3O. The molecule has 0 aliphatic carbocycles. The highest BCUT2D eigenvalue weighted by Gasteiger charge is 2.28. The fraction of sp³-hybridized carbons (Fsp3) is 0.238. The fourth-order valence-corrected chi connectivity index (χ4v) is 3.62. The highest BCUT2D eigenvalue weighted by atomic mass is 16.2. The molecule has 2 aromatic carbocycles. The third-order valence-corrected chi connectivity index (χ3v) is 4.86. The predicted octanol–water partition coefficient (Wildman–Crippen LogP) is 4.99. The topological polar surface area (TPSA) is 45.2 Å². The molecule has 0 radical (unpaired) electrons. The molecule has 2 heterocycles. The molecular weight excluding hydrogens is 310 g/mol. The molecule has 1 saturated heterocycles. The summed E-state index contributed by atoms with van der Waals surface area (Å²) in [7, 11) is 0. The van der Waals surface area contributed by atoms with Gasteiger partial charge in [0.25, 0.3) is 0 Å². The van der Waals surface area contributed by atoms with Gasteiger partial charge in [-0.25, -0.2) is 4.79 Å². The Balaban J connectivity index is 1.60. The van der Waals surface area contributed by atoms with E-state index in [1.165, 1.54) is 0 Å². The van der Waals surface area contributed by atoms with Gasteiger partial charge in [-0.15, -0.1) is 0 Å². The van der Waals surface area contributed by atoms with Gasteiger partial charge in [0.05, 0.1) is 11.7 Å². The Hall–Kier alpha value is -2.88. The molecule has 1 atom stereocenters. The summed E-state index contributed by atoms with van der Waals surface area (Å²) in [5.41, 5.74) is 1.97. The Morgan fingerprint density at radius 3 is 2.80 bits per heavy atom. The van der Waals surface area contributed by atoms with Crippen LogP contribution in [0, 0.1) is 0 Å². The van der Waals surface area contributed by atoms with E-state index >= 15 is 0 Å². The Morgan fingerprint density at radius 1 is 1.04 bits per heavy atom. The van der Waals surface area contributed by atoms with Crippen LogP contribution in [0.2, 0.25) is 0 Å². The molecule has 1 aliphatic heterocycles. The standard InChI is InChI=1S/C21H21N3O/c25-21(23-19-11-5-8-16-7-1-2-10-18(16)19)24-14-4-3-12-20(24)17-9-6-13-22-15-17/h1-2,5-11,13,15,20H,3-4,12,14H2,(H,23,25). The van der Waals surface area contributed by atoms with E-state index in [-0.39, 0.29) is 12.1 Å². The largest absolute Gasteiger partial charge is 0.322 e. The summed E-state index contributed by atoms with van der Waals surface area (Å²) in [6.45, 7) is 0.774. The molecule has 4 rings (SSSR count). The number of nitrogens with one attached hydrogen (secondary N) is 1. The zero-order valence-electron chi connectivity index (χ0n) is 14.1. The first-order valence-electron chi connectivity index (χ1n) is 8.78. The van der Waals surface area contributed by atoms with Crippen LogP contribution < -0.4 is 5.32 Å². The number of benzene rings is 2. The van der Waals surface area contributed by atoms with Crippen LogP contribution in [0.5, 0.6) is 0 Å². The fourth-order valence-electron chi connectivity index (χ4n) is 3.62. The summed E-state index contributed by atoms with van der Waals surface area (Å²) in [4.78, 5) is 19.2. The van der Waals surface area contributed by atoms with E-state index in [2.05, 4.69) is 28.5 Å². The molecule has 4 heteroatoms. The number of hydrogen-bond acceptors (Lipinski definition) is 2. The van der Waals surface area contributed by atoms with Crippen molar-refractivity contribution in [1.29, 1.82) is 0 Å². The Labute approximate surface area is 147 Å². The van der Waals surface area contributed by atoms with Crippen LogP contribution >= 0.6 is 0 Å². The maximum Gasteiger partial charge on any atom is 0.322 e. The third kappa shape index (κ3) is 3.20. The molecule has 4 nitrogen and oxygen atoms in total. The highest BCUT2D eigenvalue weighted by molar-refractivity contribution is 6.01. The average Bonchev–Trinajstić information content (AvgIpc) is 2.69. The van der Waals surface area contributed by atoms with Crippen LogP contribution in [-0.4, -0.2) is 22.5 Å². The first-order chi connectivity index (χ1) is 12.3. The smallest absolute Gasteiger partial charge is 0.317 e. The van der Waals surface area contributed by atoms with Crippen LogP contribution in [0.1, 0.15) is 30.9 Å². The van der Waals surface area contributed by atoms with E-state index in [9.17, 15) is 4.79 Å². The number of hydrogen-bond donors (Lipinski definition) is 1. The van der Waals surface area contributed by atoms with Crippen LogP contribution in [-0.2, 0) is 0 Å². The van der Waals surface area contributed by atoms with Gasteiger partial charge in [0.2, 0.25) is 0 Å². The van der Waals surface area contributed by atoms with Crippen molar-refractivity contribution in [2.24, 2.45) is 0 Å². The molecule has 1 unspecified atom stereocenters. The van der Waals surface area contributed by atoms with Crippen molar-refractivity contribution < 1.29 is 4.79 Å². The summed E-state index contributed by atoms with van der Waals surface area (Å²) < 4.78 is 0. The van der Waals surface area contributed by atoms with Crippen molar-refractivity contribution in [3.63, 3.8) is 0 Å². The predicted molar refractivity (Wildman–Crippen MR) is 101 cm³/mol. The maximum absolute atomic E-state index is 13.0. The van der Waals surface area contributed by atoms with Crippen molar-refractivity contribution in [2.75, 3.05) is 11.9 Å². The molecule has 1 fully saturated rings. The van der Waals surface area contributed by atoms with Gasteiger partial charge >= 0.3 is 6.03 Å². The first-order valence-corrected chi connectivity index (χ1v) is 8.78. The highest BCUT2D eigenvalue weighted by Crippen LogP contribution is 2.31. The Kier molecular flexibility index (Phi) is 4.34. The number of rotatable bonds is 2. The lowest BCUT2D eigenvalue weighted by Gasteiger charge is -2.36. The van der Waals surface area contributed by atoms with Gasteiger partial charge < -0.3 is 10.2 Å². The number of nitrogens with zero attached hydrogens (tertiary/aromatic N) is 2. The lowest BCUT2D eigenvalue weighted by Crippen LogP contribution is -2.41. The van der Waals surface area contributed by atoms with Crippen LogP contribution in [0.3, 0.4) is 0 Å². The zero-order valence-corrected chi connectivity index (χ0v) is 14.1. The number of carbonyl (C=O) groups excluding carboxylic acids is 1. The second kappa shape index (κ2) is 6.93. The number of piperidine rings is 1. The van der Waals surface area contributed by atoms with E-state index in [4.69, 9.17) is 0 Å². The van der Waals surface area contributed by atoms with E-state index < -0.39 is 0 Å². The van der Waals surface area contributed by atoms with Gasteiger partial charge in [-0.3, -0.25) is 4.98 Å². The van der Waals surface area contributed by atoms with Crippen molar-refractivity contribution in [3.8, 4) is 0 Å². The summed E-state index contributed by atoms with van der Waals surface area (Å²) in [5, 5.41) is 5.31. The van der Waals surface area contributed by atoms with Gasteiger partial charge in [-0.1, -0.05) is 42.5 Å². The number of carbonyl (C=O) groups is 1. The SMILES string of the molecule is O=C(Nc1cccc2ccccc12)N1CCCCC1c1cccnc1. The maximum atomic E-state index is 13.0. The van der Waals surface area contributed by atoms with E-state index in [1.54, 1.807) is 6.20 Å². The van der Waals surface area contributed by atoms with Crippen molar-refractivity contribution in [1.82, 2.24) is 9.88 Å². The second-order valence-corrected chi connectivity index (χ2v) is 6.45. The monoisotopic (exact) mass is 331 g/mol. The number of aromatic nitrogens is 1. The molecule has 2 amide bonds. The lowest BCUT2D eigenvalue weighted by atomic mass is 9.97. The summed E-state index contributed by atoms with van der Waals surface area (Å²) in [6, 6.07) is 18.2. The Bertz CT molecular complexity index is 873. The van der Waals surface area contributed by atoms with Crippen molar-refractivity contribution >= 4 is 22.5 Å². The average molecular weight is 331 g/mol. The van der Waals surface area contributed by atoms with Gasteiger partial charge in [0.15, 0.2) is 0 Å². The van der Waals surface area contributed by atoms with Gasteiger partial charge in [0.1, 0.15) is 0 Å². The molecule has 1 aliphatic rings. The normalized spacial score (nSPS) is 17.4. The van der Waals surface area contributed by atoms with Gasteiger partial charge in [0, 0.05) is 24.3 Å². The van der Waals surface area contributed by atoms with Crippen molar-refractivity contribution in [2.45, 2.75) is 25.3 Å². The van der Waals surface area contributed by atoms with E-state index in [0.717, 1.165) is 47.8 Å². The third-order valence-electron chi connectivity index (χ3n) is 4.86. The van der Waals surface area contributed by atoms with E-state index in [1.807, 2.05) is 47.5 Å². The Morgan fingerprint density at radius 2 is 1.92 bits per heavy atom. The van der Waals surface area contributed by atoms with Crippen LogP contribution in [0.15, 0.2) is 67.0 Å². The quantitative estimate of drug-likeness (QED) is 0.718. The molecule has 1 N–H and O–H groups in total. The number of anilines is 1. The summed E-state index contributed by atoms with van der Waals surface area (Å²) >= 11 is 0. The number of amides is 2.